The molecule has 0 aliphatic rings. The predicted molar refractivity (Wildman–Crippen MR) is 74.5 cm³/mol. The minimum atomic E-state index is -0.620. The van der Waals surface area contributed by atoms with E-state index < -0.39 is 5.97 Å². The molecule has 0 aliphatic heterocycles. The number of para-hydroxylation sites is 1. The molecule has 2 rings (SSSR count). The Morgan fingerprint density at radius 3 is 2.75 bits per heavy atom. The number of hydrogen-bond donors (Lipinski definition) is 1. The molecule has 1 aromatic carbocycles. The Morgan fingerprint density at radius 1 is 1.30 bits per heavy atom. The molecule has 0 fully saturated rings. The van der Waals surface area contributed by atoms with Crippen LogP contribution >= 0.6 is 0 Å². The third-order valence-corrected chi connectivity index (χ3v) is 2.94. The Labute approximate surface area is 116 Å². The topological polar surface area (TPSA) is 68.5 Å². The molecular formula is C15H17NO4. The minimum absolute atomic E-state index is 0.148. The van der Waals surface area contributed by atoms with E-state index in [9.17, 15) is 9.59 Å². The Morgan fingerprint density at radius 2 is 2.05 bits per heavy atom. The first-order valence-electron chi connectivity index (χ1n) is 6.55. The Bertz CT molecular complexity index is 630. The fourth-order valence-corrected chi connectivity index (χ4v) is 1.88. The number of carbonyl (C=O) groups excluding carboxylic acids is 2. The number of carbonyl (C=O) groups is 2. The van der Waals surface area contributed by atoms with Crippen LogP contribution < -0.4 is 5.32 Å². The summed E-state index contributed by atoms with van der Waals surface area (Å²) in [5, 5.41) is 3.50. The van der Waals surface area contributed by atoms with Gasteiger partial charge in [0.2, 0.25) is 5.76 Å². The molecule has 0 atom stereocenters. The van der Waals surface area contributed by atoms with Gasteiger partial charge in [-0.15, -0.1) is 0 Å². The van der Waals surface area contributed by atoms with Gasteiger partial charge in [-0.3, -0.25) is 4.79 Å². The highest BCUT2D eigenvalue weighted by atomic mass is 16.5. The van der Waals surface area contributed by atoms with Crippen molar-refractivity contribution in [3.63, 3.8) is 0 Å². The molecular weight excluding hydrogens is 258 g/mol. The van der Waals surface area contributed by atoms with Crippen molar-refractivity contribution in [2.24, 2.45) is 0 Å². The van der Waals surface area contributed by atoms with Crippen molar-refractivity contribution < 1.29 is 18.7 Å². The van der Waals surface area contributed by atoms with Crippen molar-refractivity contribution in [3.05, 3.63) is 35.6 Å². The molecule has 1 heterocycles. The van der Waals surface area contributed by atoms with Crippen LogP contribution in [0.5, 0.6) is 0 Å². The zero-order chi connectivity index (χ0) is 14.5. The molecule has 0 aliphatic carbocycles. The van der Waals surface area contributed by atoms with Gasteiger partial charge >= 0.3 is 5.97 Å². The SMILES string of the molecule is CCCNC(=O)COC(=O)c1oc2ccccc2c1C. The van der Waals surface area contributed by atoms with Crippen LogP contribution in [0.15, 0.2) is 28.7 Å². The predicted octanol–water partition coefficient (Wildman–Crippen LogP) is 2.42. The molecule has 0 unspecified atom stereocenters. The Hall–Kier alpha value is -2.30. The highest BCUT2D eigenvalue weighted by Crippen LogP contribution is 2.25. The van der Waals surface area contributed by atoms with Crippen molar-refractivity contribution in [2.75, 3.05) is 13.2 Å². The van der Waals surface area contributed by atoms with Gasteiger partial charge in [0.15, 0.2) is 6.61 Å². The molecule has 5 nitrogen and oxygen atoms in total. The van der Waals surface area contributed by atoms with E-state index >= 15 is 0 Å². The normalized spacial score (nSPS) is 10.5. The van der Waals surface area contributed by atoms with Crippen LogP contribution in [0.3, 0.4) is 0 Å². The molecule has 5 heteroatoms. The number of rotatable bonds is 5. The van der Waals surface area contributed by atoms with Gasteiger partial charge in [0.25, 0.3) is 5.91 Å². The standard InChI is InChI=1S/C15H17NO4/c1-3-8-16-13(17)9-19-15(18)14-10(2)11-6-4-5-7-12(11)20-14/h4-7H,3,8-9H2,1-2H3,(H,16,17). The van der Waals surface area contributed by atoms with E-state index in [1.165, 1.54) is 0 Å². The maximum atomic E-state index is 11.9. The molecule has 0 saturated heterocycles. The zero-order valence-corrected chi connectivity index (χ0v) is 11.6. The van der Waals surface area contributed by atoms with E-state index in [1.54, 1.807) is 13.0 Å². The lowest BCUT2D eigenvalue weighted by atomic mass is 10.1. The van der Waals surface area contributed by atoms with Crippen molar-refractivity contribution in [2.45, 2.75) is 20.3 Å². The second-order valence-electron chi connectivity index (χ2n) is 4.48. The summed E-state index contributed by atoms with van der Waals surface area (Å²) in [7, 11) is 0. The maximum Gasteiger partial charge on any atom is 0.375 e. The van der Waals surface area contributed by atoms with E-state index in [-0.39, 0.29) is 18.3 Å². The second kappa shape index (κ2) is 6.23. The number of nitrogens with one attached hydrogen (secondary N) is 1. The fraction of sp³-hybridized carbons (Fsp3) is 0.333. The van der Waals surface area contributed by atoms with Crippen LogP contribution in [0.2, 0.25) is 0 Å². The van der Waals surface area contributed by atoms with Crippen LogP contribution in [0.4, 0.5) is 0 Å². The summed E-state index contributed by atoms with van der Waals surface area (Å²) >= 11 is 0. The van der Waals surface area contributed by atoms with Gasteiger partial charge in [0.05, 0.1) is 0 Å². The number of aryl methyl sites for hydroxylation is 1. The molecule has 0 bridgehead atoms. The number of benzene rings is 1. The summed E-state index contributed by atoms with van der Waals surface area (Å²) in [6.07, 6.45) is 0.836. The molecule has 1 aromatic heterocycles. The highest BCUT2D eigenvalue weighted by molar-refractivity contribution is 5.96. The number of fused-ring (bicyclic) bond motifs is 1. The first kappa shape index (κ1) is 14.1. The van der Waals surface area contributed by atoms with E-state index in [4.69, 9.17) is 9.15 Å². The third kappa shape index (κ3) is 2.99. The average Bonchev–Trinajstić information content (AvgIpc) is 2.80. The first-order valence-corrected chi connectivity index (χ1v) is 6.55. The lowest BCUT2D eigenvalue weighted by Crippen LogP contribution is -2.29. The van der Waals surface area contributed by atoms with Crippen LogP contribution in [0, 0.1) is 6.92 Å². The molecule has 0 saturated carbocycles. The van der Waals surface area contributed by atoms with E-state index in [0.717, 1.165) is 17.4 Å². The monoisotopic (exact) mass is 275 g/mol. The van der Waals surface area contributed by atoms with Crippen LogP contribution in [0.1, 0.15) is 29.5 Å². The van der Waals surface area contributed by atoms with Gasteiger partial charge in [-0.05, 0) is 19.4 Å². The number of ether oxygens (including phenoxy) is 1. The van der Waals surface area contributed by atoms with Gasteiger partial charge in [0, 0.05) is 17.5 Å². The maximum absolute atomic E-state index is 11.9. The Kier molecular flexibility index (Phi) is 4.40. The molecule has 0 radical (unpaired) electrons. The second-order valence-corrected chi connectivity index (χ2v) is 4.48. The lowest BCUT2D eigenvalue weighted by Gasteiger charge is -2.04. The summed E-state index contributed by atoms with van der Waals surface area (Å²) in [6, 6.07) is 7.36. The quantitative estimate of drug-likeness (QED) is 0.851. The van der Waals surface area contributed by atoms with Crippen molar-refractivity contribution in [1.82, 2.24) is 5.32 Å². The van der Waals surface area contributed by atoms with Gasteiger partial charge < -0.3 is 14.5 Å². The smallest absolute Gasteiger partial charge is 0.375 e. The van der Waals surface area contributed by atoms with Crippen molar-refractivity contribution in [3.8, 4) is 0 Å². The van der Waals surface area contributed by atoms with Gasteiger partial charge in [-0.25, -0.2) is 4.79 Å². The van der Waals surface area contributed by atoms with E-state index in [2.05, 4.69) is 5.32 Å². The first-order chi connectivity index (χ1) is 9.63. The average molecular weight is 275 g/mol. The minimum Gasteiger partial charge on any atom is -0.450 e. The molecule has 20 heavy (non-hydrogen) atoms. The zero-order valence-electron chi connectivity index (χ0n) is 11.6. The molecule has 106 valence electrons. The third-order valence-electron chi connectivity index (χ3n) is 2.94. The molecule has 1 N–H and O–H groups in total. The van der Waals surface area contributed by atoms with Crippen molar-refractivity contribution in [1.29, 1.82) is 0 Å². The van der Waals surface area contributed by atoms with Crippen LogP contribution in [-0.2, 0) is 9.53 Å². The van der Waals surface area contributed by atoms with E-state index in [1.807, 2.05) is 25.1 Å². The van der Waals surface area contributed by atoms with E-state index in [0.29, 0.717) is 12.1 Å². The highest BCUT2D eigenvalue weighted by Gasteiger charge is 2.19. The van der Waals surface area contributed by atoms with Crippen LogP contribution in [0.25, 0.3) is 11.0 Å². The molecule has 2 aromatic rings. The lowest BCUT2D eigenvalue weighted by molar-refractivity contribution is -0.124. The summed E-state index contributed by atoms with van der Waals surface area (Å²) in [6.45, 7) is 4.01. The van der Waals surface area contributed by atoms with Crippen LogP contribution in [-0.4, -0.2) is 25.0 Å². The number of amides is 1. The summed E-state index contributed by atoms with van der Waals surface area (Å²) in [5.74, 6) is -0.784. The number of furan rings is 1. The fourth-order valence-electron chi connectivity index (χ4n) is 1.88. The Balaban J connectivity index is 2.04. The number of esters is 1. The summed E-state index contributed by atoms with van der Waals surface area (Å²) < 4.78 is 10.4. The van der Waals surface area contributed by atoms with Gasteiger partial charge in [0.1, 0.15) is 5.58 Å². The molecule has 0 spiro atoms. The van der Waals surface area contributed by atoms with Crippen molar-refractivity contribution >= 4 is 22.8 Å². The number of hydrogen-bond acceptors (Lipinski definition) is 4. The summed E-state index contributed by atoms with van der Waals surface area (Å²) in [4.78, 5) is 23.3. The molecule has 1 amide bonds. The largest absolute Gasteiger partial charge is 0.450 e. The van der Waals surface area contributed by atoms with Gasteiger partial charge in [-0.2, -0.15) is 0 Å². The summed E-state index contributed by atoms with van der Waals surface area (Å²) in [5.41, 5.74) is 1.35. The van der Waals surface area contributed by atoms with Gasteiger partial charge in [-0.1, -0.05) is 25.1 Å².